The van der Waals surface area contributed by atoms with Crippen molar-refractivity contribution in [1.29, 1.82) is 0 Å². The molecule has 4 aromatic heterocycles. The van der Waals surface area contributed by atoms with Crippen molar-refractivity contribution < 1.29 is 0 Å². The predicted octanol–water partition coefficient (Wildman–Crippen LogP) is 27.2. The lowest BCUT2D eigenvalue weighted by molar-refractivity contribution is 1.07. The fraction of sp³-hybridized carbons (Fsp3) is 0. The van der Waals surface area contributed by atoms with Gasteiger partial charge in [-0.2, -0.15) is 0 Å². The molecule has 22 rings (SSSR count). The van der Waals surface area contributed by atoms with Gasteiger partial charge in [-0.15, -0.1) is 0 Å². The number of benzene rings is 18. The Bertz CT molecular complexity index is 7300. The maximum absolute atomic E-state index is 4.96. The van der Waals surface area contributed by atoms with E-state index in [2.05, 4.69) is 300 Å². The molecule has 18 aromatic carbocycles. The highest BCUT2D eigenvalue weighted by atomic mass is 15.0. The number of para-hydroxylation sites is 2. The largest absolute Gasteiger partial charge is 0.309 e. The molecular weight excluding hydrogens is 1390 g/mol. The Morgan fingerprint density at radius 3 is 0.798 bits per heavy atom. The molecule has 0 aliphatic carbocycles. The van der Waals surface area contributed by atoms with Gasteiger partial charge in [-0.1, -0.05) is 303 Å². The zero-order valence-electron chi connectivity index (χ0n) is 61.8. The van der Waals surface area contributed by atoms with Crippen molar-refractivity contribution in [1.82, 2.24) is 39.0 Å². The van der Waals surface area contributed by atoms with Crippen molar-refractivity contribution in [3.8, 4) is 124 Å². The van der Waals surface area contributed by atoms with E-state index >= 15 is 0 Å². The van der Waals surface area contributed by atoms with Crippen LogP contribution in [-0.2, 0) is 0 Å². The summed E-state index contributed by atoms with van der Waals surface area (Å²) in [5, 5.41) is 14.8. The molecule has 0 saturated carbocycles. The number of hydrogen-bond donors (Lipinski definition) is 0. The minimum atomic E-state index is 0.639. The lowest BCUT2D eigenvalue weighted by Crippen LogP contribution is -2.00. The minimum absolute atomic E-state index is 0.639. The van der Waals surface area contributed by atoms with Gasteiger partial charge in [-0.3, -0.25) is 0 Å². The van der Waals surface area contributed by atoms with Gasteiger partial charge in [-0.05, 0) is 197 Å². The number of nitrogens with zero attached hydrogens (tertiary/aromatic N) is 8. The number of hydrogen-bond acceptors (Lipinski definition) is 6. The molecule has 114 heavy (non-hydrogen) atoms. The number of fused-ring (bicyclic) bond motifs is 12. The molecule has 22 aromatic rings. The van der Waals surface area contributed by atoms with E-state index in [4.69, 9.17) is 29.9 Å². The van der Waals surface area contributed by atoms with Crippen LogP contribution in [0.2, 0.25) is 0 Å². The maximum atomic E-state index is 4.96. The molecule has 0 aliphatic rings. The van der Waals surface area contributed by atoms with E-state index < -0.39 is 0 Å². The second kappa shape index (κ2) is 28.6. The van der Waals surface area contributed by atoms with Crippen LogP contribution in [0.5, 0.6) is 0 Å². The molecule has 0 saturated heterocycles. The van der Waals surface area contributed by atoms with Gasteiger partial charge in [0.15, 0.2) is 34.9 Å². The molecule has 0 atom stereocenters. The average Bonchev–Trinajstić information content (AvgIpc) is 1.57. The SMILES string of the molecule is c1ccc(-c2ccc3cc(-c4ccc5c(ccc6c5c5ccccc5n6-c5ccc(-c6nc(-c7ccccc7)nc(-c7ccccc7)n6)cc5)c4)ccc3c2)cc1.c1ccc(-c2ccc3ccc(-c4ccc5ccc6c(c5c4)c4ccccc4n6-c4ccc(-c5nc(-c6ccccc6)nc(-c6ccccc6)n5)cc4)cc3c2)cc1. The third-order valence-electron chi connectivity index (χ3n) is 22.0. The highest BCUT2D eigenvalue weighted by Gasteiger charge is 2.21. The third-order valence-corrected chi connectivity index (χ3v) is 22.0. The zero-order chi connectivity index (χ0) is 75.4. The van der Waals surface area contributed by atoms with Gasteiger partial charge < -0.3 is 9.13 Å². The molecule has 8 heteroatoms. The molecule has 0 amide bonds. The number of aromatic nitrogens is 8. The molecule has 0 N–H and O–H groups in total. The Balaban J connectivity index is 0.000000143. The molecule has 0 bridgehead atoms. The van der Waals surface area contributed by atoms with Gasteiger partial charge in [-0.25, -0.2) is 29.9 Å². The monoisotopic (exact) mass is 1450 g/mol. The Labute approximate surface area is 658 Å². The van der Waals surface area contributed by atoms with Crippen molar-refractivity contribution in [2.24, 2.45) is 0 Å². The first-order valence-corrected chi connectivity index (χ1v) is 38.5. The van der Waals surface area contributed by atoms with Crippen LogP contribution in [0.4, 0.5) is 0 Å². The smallest absolute Gasteiger partial charge is 0.164 e. The average molecular weight is 1450 g/mol. The van der Waals surface area contributed by atoms with Gasteiger partial charge in [0.1, 0.15) is 0 Å². The molecular formula is C106H68N8. The van der Waals surface area contributed by atoms with Crippen molar-refractivity contribution in [2.75, 3.05) is 0 Å². The van der Waals surface area contributed by atoms with Crippen molar-refractivity contribution in [2.45, 2.75) is 0 Å². The molecule has 4 heterocycles. The van der Waals surface area contributed by atoms with Crippen LogP contribution in [0.25, 0.3) is 211 Å². The van der Waals surface area contributed by atoms with Gasteiger partial charge >= 0.3 is 0 Å². The van der Waals surface area contributed by atoms with E-state index in [1.807, 2.05) is 121 Å². The molecule has 532 valence electrons. The fourth-order valence-electron chi connectivity index (χ4n) is 16.4. The summed E-state index contributed by atoms with van der Waals surface area (Å²) in [5.74, 6) is 3.88. The first kappa shape index (κ1) is 66.8. The maximum Gasteiger partial charge on any atom is 0.164 e. The zero-order valence-corrected chi connectivity index (χ0v) is 61.8. The summed E-state index contributed by atoms with van der Waals surface area (Å²) in [4.78, 5) is 29.6. The Hall–Kier alpha value is -15.4. The van der Waals surface area contributed by atoms with Crippen LogP contribution in [0.3, 0.4) is 0 Å². The fourth-order valence-corrected chi connectivity index (χ4v) is 16.4. The van der Waals surface area contributed by atoms with E-state index in [9.17, 15) is 0 Å². The molecule has 0 radical (unpaired) electrons. The van der Waals surface area contributed by atoms with Crippen molar-refractivity contribution >= 4 is 86.7 Å². The molecule has 0 unspecified atom stereocenters. The normalized spacial score (nSPS) is 11.5. The summed E-state index contributed by atoms with van der Waals surface area (Å²) >= 11 is 0. The Morgan fingerprint density at radius 2 is 0.404 bits per heavy atom. The summed E-state index contributed by atoms with van der Waals surface area (Å²) in [6, 6.07) is 146. The van der Waals surface area contributed by atoms with Gasteiger partial charge in [0.2, 0.25) is 0 Å². The van der Waals surface area contributed by atoms with Gasteiger partial charge in [0.25, 0.3) is 0 Å². The second-order valence-corrected chi connectivity index (χ2v) is 29.0. The van der Waals surface area contributed by atoms with Crippen LogP contribution in [-0.4, -0.2) is 39.0 Å². The summed E-state index contributed by atoms with van der Waals surface area (Å²) in [6.45, 7) is 0. The first-order valence-electron chi connectivity index (χ1n) is 38.5. The summed E-state index contributed by atoms with van der Waals surface area (Å²) < 4.78 is 4.74. The van der Waals surface area contributed by atoms with Crippen LogP contribution in [0.1, 0.15) is 0 Å². The lowest BCUT2D eigenvalue weighted by atomic mass is 9.95. The van der Waals surface area contributed by atoms with Crippen LogP contribution in [0.15, 0.2) is 413 Å². The lowest BCUT2D eigenvalue weighted by Gasteiger charge is -2.11. The van der Waals surface area contributed by atoms with E-state index in [-0.39, 0.29) is 0 Å². The highest BCUT2D eigenvalue weighted by Crippen LogP contribution is 2.43. The Morgan fingerprint density at radius 1 is 0.140 bits per heavy atom. The molecule has 0 fully saturated rings. The standard InChI is InChI=1S/2C53H34N4/c1-4-12-35(13-5-1)41-23-20-36-21-24-42(33-44(36)32-41)43-25-22-37-28-31-49-50(47(37)34-43)46-18-10-11-19-48(46)57(49)45-29-26-40(27-30-45)53-55-51(38-14-6-2-7-15-38)54-52(56-53)39-16-8-3-9-17-39;1-4-12-35(13-5-1)39-20-21-41-33-42(23-22-40(41)32-39)43-26-30-46-44(34-43)27-31-49-50(46)47-18-10-11-19-48(47)57(49)45-28-24-38(25-29-45)53-55-51(36-14-6-2-7-15-36)54-52(56-53)37-16-8-3-9-17-37/h2*1-34H. The summed E-state index contributed by atoms with van der Waals surface area (Å²) in [5.41, 5.74) is 22.2. The first-order chi connectivity index (χ1) is 56.5. The van der Waals surface area contributed by atoms with Crippen molar-refractivity contribution in [3.05, 3.63) is 413 Å². The number of rotatable bonds is 12. The third kappa shape index (κ3) is 12.4. The quantitative estimate of drug-likeness (QED) is 0.121. The second-order valence-electron chi connectivity index (χ2n) is 29.0. The molecule has 0 aliphatic heterocycles. The summed E-state index contributed by atoms with van der Waals surface area (Å²) in [7, 11) is 0. The topological polar surface area (TPSA) is 87.2 Å². The van der Waals surface area contributed by atoms with Gasteiger partial charge in [0.05, 0.1) is 22.1 Å². The van der Waals surface area contributed by atoms with Crippen LogP contribution < -0.4 is 0 Å². The minimum Gasteiger partial charge on any atom is -0.309 e. The molecule has 8 nitrogen and oxygen atoms in total. The Kier molecular flexibility index (Phi) is 16.7. The predicted molar refractivity (Wildman–Crippen MR) is 473 cm³/mol. The van der Waals surface area contributed by atoms with Crippen LogP contribution in [0, 0.1) is 0 Å². The van der Waals surface area contributed by atoms with Crippen LogP contribution >= 0.6 is 0 Å². The summed E-state index contributed by atoms with van der Waals surface area (Å²) in [6.07, 6.45) is 0. The van der Waals surface area contributed by atoms with E-state index in [1.54, 1.807) is 0 Å². The van der Waals surface area contributed by atoms with Crippen molar-refractivity contribution in [3.63, 3.8) is 0 Å². The van der Waals surface area contributed by atoms with E-state index in [1.165, 1.54) is 120 Å². The van der Waals surface area contributed by atoms with Gasteiger partial charge in [0, 0.05) is 66.3 Å². The van der Waals surface area contributed by atoms with E-state index in [0.717, 1.165) is 55.8 Å². The molecule has 0 spiro atoms. The van der Waals surface area contributed by atoms with E-state index in [0.29, 0.717) is 34.9 Å². The highest BCUT2D eigenvalue weighted by molar-refractivity contribution is 6.23.